The summed E-state index contributed by atoms with van der Waals surface area (Å²) in [6.45, 7) is 3.40. The molecule has 7 nitrogen and oxygen atoms in total. The van der Waals surface area contributed by atoms with Crippen LogP contribution in [0.5, 0.6) is 0 Å². The van der Waals surface area contributed by atoms with Crippen LogP contribution in [0, 0.1) is 0 Å². The quantitative estimate of drug-likeness (QED) is 0.708. The van der Waals surface area contributed by atoms with E-state index in [4.69, 9.17) is 0 Å². The summed E-state index contributed by atoms with van der Waals surface area (Å²) in [5.41, 5.74) is 2.40. The largest absolute Gasteiger partial charge is 0.351 e. The number of fused-ring (bicyclic) bond motifs is 1. The van der Waals surface area contributed by atoms with E-state index in [-0.39, 0.29) is 11.8 Å². The van der Waals surface area contributed by atoms with Crippen LogP contribution in [-0.2, 0) is 11.3 Å². The molecule has 1 saturated heterocycles. The number of H-pyrrole nitrogens is 1. The van der Waals surface area contributed by atoms with Crippen LogP contribution >= 0.6 is 0 Å². The molecule has 1 fully saturated rings. The van der Waals surface area contributed by atoms with E-state index in [0.29, 0.717) is 45.0 Å². The Morgan fingerprint density at radius 3 is 2.46 bits per heavy atom. The van der Waals surface area contributed by atoms with Gasteiger partial charge in [0.2, 0.25) is 5.91 Å². The molecule has 28 heavy (non-hydrogen) atoms. The highest BCUT2D eigenvalue weighted by atomic mass is 16.2. The Bertz CT molecular complexity index is 961. The maximum Gasteiger partial charge on any atom is 0.275 e. The second-order valence-electron chi connectivity index (χ2n) is 6.95. The molecule has 7 heteroatoms. The first-order chi connectivity index (χ1) is 13.7. The predicted octanol–water partition coefficient (Wildman–Crippen LogP) is 1.64. The van der Waals surface area contributed by atoms with Gasteiger partial charge in [-0.25, -0.2) is 0 Å². The molecule has 1 aromatic heterocycles. The number of nitrogens with one attached hydrogen (secondary N) is 2. The van der Waals surface area contributed by atoms with Crippen molar-refractivity contribution in [2.75, 3.05) is 32.7 Å². The van der Waals surface area contributed by atoms with Gasteiger partial charge in [-0.3, -0.25) is 19.6 Å². The van der Waals surface area contributed by atoms with Gasteiger partial charge in [0, 0.05) is 38.1 Å². The van der Waals surface area contributed by atoms with Crippen LogP contribution in [0.3, 0.4) is 0 Å². The number of nitrogens with zero attached hydrogens (tertiary/aromatic N) is 3. The van der Waals surface area contributed by atoms with Crippen molar-refractivity contribution in [2.45, 2.75) is 6.54 Å². The van der Waals surface area contributed by atoms with Crippen molar-refractivity contribution in [1.29, 1.82) is 0 Å². The number of para-hydroxylation sites is 1. The van der Waals surface area contributed by atoms with Crippen LogP contribution in [-0.4, -0.2) is 64.5 Å². The molecule has 4 rings (SSSR count). The normalized spacial score (nSPS) is 14.9. The number of aromatic nitrogens is 2. The molecule has 2 amide bonds. The number of aromatic amines is 1. The minimum absolute atomic E-state index is 0.00178. The Hall–Kier alpha value is -3.19. The summed E-state index contributed by atoms with van der Waals surface area (Å²) in [4.78, 5) is 28.9. The van der Waals surface area contributed by atoms with Gasteiger partial charge in [0.15, 0.2) is 5.69 Å². The summed E-state index contributed by atoms with van der Waals surface area (Å²) < 4.78 is 0. The summed E-state index contributed by atoms with van der Waals surface area (Å²) in [5.74, 6) is -0.0624. The van der Waals surface area contributed by atoms with Gasteiger partial charge in [0.05, 0.1) is 12.1 Å². The average molecular weight is 377 g/mol. The monoisotopic (exact) mass is 377 g/mol. The third-order valence-electron chi connectivity index (χ3n) is 5.03. The molecule has 144 valence electrons. The van der Waals surface area contributed by atoms with Gasteiger partial charge in [-0.1, -0.05) is 48.5 Å². The highest BCUT2D eigenvalue weighted by Crippen LogP contribution is 2.17. The number of amides is 2. The maximum absolute atomic E-state index is 12.8. The van der Waals surface area contributed by atoms with Crippen molar-refractivity contribution in [3.63, 3.8) is 0 Å². The molecule has 2 aromatic carbocycles. The lowest BCUT2D eigenvalue weighted by molar-refractivity contribution is -0.122. The summed E-state index contributed by atoms with van der Waals surface area (Å²) in [6.07, 6.45) is 0. The van der Waals surface area contributed by atoms with E-state index in [1.54, 1.807) is 4.90 Å². The number of piperazine rings is 1. The Morgan fingerprint density at radius 1 is 0.964 bits per heavy atom. The van der Waals surface area contributed by atoms with Gasteiger partial charge in [-0.05, 0) is 11.6 Å². The topological polar surface area (TPSA) is 81.3 Å². The van der Waals surface area contributed by atoms with Crippen molar-refractivity contribution in [3.05, 3.63) is 65.9 Å². The lowest BCUT2D eigenvalue weighted by atomic mass is 10.2. The number of hydrogen-bond donors (Lipinski definition) is 2. The molecule has 0 aliphatic carbocycles. The fourth-order valence-electron chi connectivity index (χ4n) is 3.44. The second-order valence-corrected chi connectivity index (χ2v) is 6.95. The number of benzene rings is 2. The van der Waals surface area contributed by atoms with E-state index < -0.39 is 0 Å². The third kappa shape index (κ3) is 4.04. The highest BCUT2D eigenvalue weighted by Gasteiger charge is 2.25. The van der Waals surface area contributed by atoms with Crippen molar-refractivity contribution in [2.24, 2.45) is 0 Å². The molecule has 2 heterocycles. The van der Waals surface area contributed by atoms with Gasteiger partial charge in [0.25, 0.3) is 5.91 Å². The van der Waals surface area contributed by atoms with Gasteiger partial charge >= 0.3 is 0 Å². The first-order valence-corrected chi connectivity index (χ1v) is 9.46. The van der Waals surface area contributed by atoms with E-state index in [1.807, 2.05) is 54.6 Å². The van der Waals surface area contributed by atoms with E-state index >= 15 is 0 Å². The molecular weight excluding hydrogens is 354 g/mol. The smallest absolute Gasteiger partial charge is 0.275 e. The van der Waals surface area contributed by atoms with Gasteiger partial charge in [-0.2, -0.15) is 5.10 Å². The number of rotatable bonds is 5. The highest BCUT2D eigenvalue weighted by molar-refractivity contribution is 6.04. The molecular formula is C21H23N5O2. The minimum Gasteiger partial charge on any atom is -0.351 e. The van der Waals surface area contributed by atoms with Crippen molar-refractivity contribution in [1.82, 2.24) is 25.3 Å². The maximum atomic E-state index is 12.8. The van der Waals surface area contributed by atoms with Crippen molar-refractivity contribution in [3.8, 4) is 0 Å². The molecule has 0 spiro atoms. The molecule has 0 saturated carbocycles. The van der Waals surface area contributed by atoms with Gasteiger partial charge < -0.3 is 10.2 Å². The Labute approximate surface area is 163 Å². The van der Waals surface area contributed by atoms with Crippen LogP contribution < -0.4 is 5.32 Å². The Balaban J connectivity index is 1.27. The molecule has 3 aromatic rings. The summed E-state index contributed by atoms with van der Waals surface area (Å²) in [6, 6.07) is 17.5. The third-order valence-corrected chi connectivity index (χ3v) is 5.03. The zero-order valence-corrected chi connectivity index (χ0v) is 15.6. The molecule has 0 atom stereocenters. The molecule has 1 aliphatic heterocycles. The molecule has 1 aliphatic rings. The van der Waals surface area contributed by atoms with E-state index in [9.17, 15) is 9.59 Å². The number of hydrogen-bond acceptors (Lipinski definition) is 4. The number of carbonyl (C=O) groups is 2. The SMILES string of the molecule is O=C(CN1CCN(C(=O)c2n[nH]c3ccccc23)CC1)NCc1ccccc1. The fraction of sp³-hybridized carbons (Fsp3) is 0.286. The van der Waals surface area contributed by atoms with Crippen LogP contribution in [0.4, 0.5) is 0 Å². The first-order valence-electron chi connectivity index (χ1n) is 9.46. The first kappa shape index (κ1) is 18.2. The summed E-state index contributed by atoms with van der Waals surface area (Å²) in [7, 11) is 0. The lowest BCUT2D eigenvalue weighted by Crippen LogP contribution is -2.51. The van der Waals surface area contributed by atoms with Crippen LogP contribution in [0.2, 0.25) is 0 Å². The average Bonchev–Trinajstić information content (AvgIpc) is 3.17. The minimum atomic E-state index is -0.0642. The Kier molecular flexibility index (Phi) is 5.34. The predicted molar refractivity (Wildman–Crippen MR) is 107 cm³/mol. The zero-order chi connectivity index (χ0) is 19.3. The van der Waals surface area contributed by atoms with Crippen LogP contribution in [0.15, 0.2) is 54.6 Å². The Morgan fingerprint density at radius 2 is 1.68 bits per heavy atom. The fourth-order valence-corrected chi connectivity index (χ4v) is 3.44. The van der Waals surface area contributed by atoms with Gasteiger partial charge in [-0.15, -0.1) is 0 Å². The number of carbonyl (C=O) groups excluding carboxylic acids is 2. The molecule has 0 radical (unpaired) electrons. The van der Waals surface area contributed by atoms with Crippen molar-refractivity contribution < 1.29 is 9.59 Å². The van der Waals surface area contributed by atoms with E-state index in [0.717, 1.165) is 16.5 Å². The molecule has 0 bridgehead atoms. The van der Waals surface area contributed by atoms with Crippen molar-refractivity contribution >= 4 is 22.7 Å². The standard InChI is InChI=1S/C21H23N5O2/c27-19(22-14-16-6-2-1-3-7-16)15-25-10-12-26(13-11-25)21(28)20-17-8-4-5-9-18(17)23-24-20/h1-9H,10-15H2,(H,22,27)(H,23,24). The van der Waals surface area contributed by atoms with Crippen LogP contribution in [0.25, 0.3) is 10.9 Å². The summed E-state index contributed by atoms with van der Waals surface area (Å²) >= 11 is 0. The van der Waals surface area contributed by atoms with Gasteiger partial charge in [0.1, 0.15) is 0 Å². The van der Waals surface area contributed by atoms with E-state index in [2.05, 4.69) is 20.4 Å². The zero-order valence-electron chi connectivity index (χ0n) is 15.6. The van der Waals surface area contributed by atoms with E-state index in [1.165, 1.54) is 0 Å². The summed E-state index contributed by atoms with van der Waals surface area (Å²) in [5, 5.41) is 10.9. The molecule has 0 unspecified atom stereocenters. The van der Waals surface area contributed by atoms with Crippen LogP contribution in [0.1, 0.15) is 16.1 Å². The molecule has 2 N–H and O–H groups in total. The second kappa shape index (κ2) is 8.22. The lowest BCUT2D eigenvalue weighted by Gasteiger charge is -2.34.